The molecule has 0 bridgehead atoms. The van der Waals surface area contributed by atoms with Crippen molar-refractivity contribution in [2.45, 2.75) is 25.7 Å². The van der Waals surface area contributed by atoms with Gasteiger partial charge in [0.15, 0.2) is 0 Å². The molecule has 2 saturated heterocycles. The van der Waals surface area contributed by atoms with Crippen LogP contribution in [0.15, 0.2) is 24.3 Å². The Labute approximate surface area is 147 Å². The van der Waals surface area contributed by atoms with E-state index in [9.17, 15) is 19.1 Å². The molecule has 0 radical (unpaired) electrons. The average molecular weight is 348 g/mol. The maximum Gasteiger partial charge on any atom is 0.227 e. The van der Waals surface area contributed by atoms with Gasteiger partial charge in [-0.15, -0.1) is 0 Å². The van der Waals surface area contributed by atoms with Crippen molar-refractivity contribution in [2.24, 2.45) is 11.8 Å². The minimum atomic E-state index is -0.313. The van der Waals surface area contributed by atoms with Gasteiger partial charge in [0.1, 0.15) is 5.82 Å². The quantitative estimate of drug-likeness (QED) is 0.896. The van der Waals surface area contributed by atoms with Crippen LogP contribution in [0.25, 0.3) is 0 Å². The van der Waals surface area contributed by atoms with Crippen LogP contribution in [-0.2, 0) is 16.0 Å². The molecule has 2 aliphatic heterocycles. The number of carbonyl (C=O) groups is 2. The monoisotopic (exact) mass is 348 g/mol. The summed E-state index contributed by atoms with van der Waals surface area (Å²) in [5, 5.41) is 9.23. The van der Waals surface area contributed by atoms with Crippen LogP contribution in [0.3, 0.4) is 0 Å². The molecule has 2 amide bonds. The predicted molar refractivity (Wildman–Crippen MR) is 91.2 cm³/mol. The third-order valence-corrected chi connectivity index (χ3v) is 5.25. The van der Waals surface area contributed by atoms with Crippen molar-refractivity contribution < 1.29 is 19.1 Å². The second-order valence-corrected chi connectivity index (χ2v) is 7.10. The highest BCUT2D eigenvalue weighted by Crippen LogP contribution is 2.24. The third kappa shape index (κ3) is 4.37. The first-order valence-electron chi connectivity index (χ1n) is 8.98. The molecule has 1 aromatic rings. The zero-order valence-corrected chi connectivity index (χ0v) is 14.4. The smallest absolute Gasteiger partial charge is 0.227 e. The number of benzene rings is 1. The standard InChI is InChI=1S/C19H25FN2O3/c20-17-5-3-14(4-6-17)10-18(24)21-8-1-2-16(12-21)19(25)22-9-7-15(11-22)13-23/h3-6,15-16,23H,1-2,7-13H2. The largest absolute Gasteiger partial charge is 0.396 e. The lowest BCUT2D eigenvalue weighted by Gasteiger charge is -2.34. The molecule has 2 aliphatic rings. The number of amides is 2. The summed E-state index contributed by atoms with van der Waals surface area (Å²) in [5.74, 6) is -0.187. The first kappa shape index (κ1) is 17.9. The maximum atomic E-state index is 13.0. The normalized spacial score (nSPS) is 23.8. The van der Waals surface area contributed by atoms with Crippen LogP contribution in [0, 0.1) is 17.7 Å². The van der Waals surface area contributed by atoms with E-state index >= 15 is 0 Å². The van der Waals surface area contributed by atoms with Crippen molar-refractivity contribution in [3.8, 4) is 0 Å². The second-order valence-electron chi connectivity index (χ2n) is 7.10. The topological polar surface area (TPSA) is 60.9 Å². The van der Waals surface area contributed by atoms with Crippen LogP contribution >= 0.6 is 0 Å². The Morgan fingerprint density at radius 3 is 2.52 bits per heavy atom. The Morgan fingerprint density at radius 2 is 1.84 bits per heavy atom. The first-order chi connectivity index (χ1) is 12.1. The molecule has 25 heavy (non-hydrogen) atoms. The van der Waals surface area contributed by atoms with Gasteiger partial charge in [-0.05, 0) is 37.0 Å². The summed E-state index contributed by atoms with van der Waals surface area (Å²) in [6.45, 7) is 2.57. The molecule has 2 heterocycles. The van der Waals surface area contributed by atoms with Crippen LogP contribution in [0.2, 0.25) is 0 Å². The summed E-state index contributed by atoms with van der Waals surface area (Å²) in [6.07, 6.45) is 2.71. The molecule has 6 heteroatoms. The minimum absolute atomic E-state index is 0.0150. The molecule has 0 spiro atoms. The van der Waals surface area contributed by atoms with Gasteiger partial charge in [0.2, 0.25) is 11.8 Å². The average Bonchev–Trinajstić information content (AvgIpc) is 3.12. The van der Waals surface area contributed by atoms with Gasteiger partial charge in [-0.3, -0.25) is 9.59 Å². The Kier molecular flexibility index (Phi) is 5.68. The molecule has 5 nitrogen and oxygen atoms in total. The lowest BCUT2D eigenvalue weighted by atomic mass is 9.96. The highest BCUT2D eigenvalue weighted by Gasteiger charge is 2.34. The minimum Gasteiger partial charge on any atom is -0.396 e. The van der Waals surface area contributed by atoms with Crippen LogP contribution < -0.4 is 0 Å². The molecular weight excluding hydrogens is 323 g/mol. The van der Waals surface area contributed by atoms with Gasteiger partial charge in [0.05, 0.1) is 12.3 Å². The van der Waals surface area contributed by atoms with Gasteiger partial charge >= 0.3 is 0 Å². The Balaban J connectivity index is 1.56. The fourth-order valence-corrected chi connectivity index (χ4v) is 3.73. The summed E-state index contributed by atoms with van der Waals surface area (Å²) in [6, 6.07) is 5.96. The van der Waals surface area contributed by atoms with E-state index in [1.807, 2.05) is 4.90 Å². The molecule has 2 fully saturated rings. The molecule has 0 aromatic heterocycles. The SMILES string of the molecule is O=C(Cc1ccc(F)cc1)N1CCCC(C(=O)N2CCC(CO)C2)C1. The predicted octanol–water partition coefficient (Wildman–Crippen LogP) is 1.45. The van der Waals surface area contributed by atoms with Gasteiger partial charge in [-0.25, -0.2) is 4.39 Å². The van der Waals surface area contributed by atoms with Crippen LogP contribution in [0.4, 0.5) is 4.39 Å². The fourth-order valence-electron chi connectivity index (χ4n) is 3.73. The highest BCUT2D eigenvalue weighted by molar-refractivity contribution is 5.82. The van der Waals surface area contributed by atoms with E-state index in [4.69, 9.17) is 0 Å². The molecule has 3 rings (SSSR count). The van der Waals surface area contributed by atoms with Crippen LogP contribution in [0.5, 0.6) is 0 Å². The van der Waals surface area contributed by atoms with Gasteiger partial charge in [-0.1, -0.05) is 12.1 Å². The number of nitrogens with zero attached hydrogens (tertiary/aromatic N) is 2. The highest BCUT2D eigenvalue weighted by atomic mass is 19.1. The van der Waals surface area contributed by atoms with E-state index < -0.39 is 0 Å². The summed E-state index contributed by atoms with van der Waals surface area (Å²) in [4.78, 5) is 28.8. The summed E-state index contributed by atoms with van der Waals surface area (Å²) in [7, 11) is 0. The van der Waals surface area contributed by atoms with Crippen molar-refractivity contribution in [2.75, 3.05) is 32.8 Å². The number of aliphatic hydroxyl groups is 1. The Bertz CT molecular complexity index is 620. The number of halogens is 1. The number of aliphatic hydroxyl groups excluding tert-OH is 1. The number of hydrogen-bond donors (Lipinski definition) is 1. The van der Waals surface area contributed by atoms with Crippen molar-refractivity contribution >= 4 is 11.8 Å². The van der Waals surface area contributed by atoms with Gasteiger partial charge in [-0.2, -0.15) is 0 Å². The van der Waals surface area contributed by atoms with E-state index in [-0.39, 0.29) is 42.5 Å². The van der Waals surface area contributed by atoms with Gasteiger partial charge in [0, 0.05) is 38.7 Å². The molecule has 2 unspecified atom stereocenters. The van der Waals surface area contributed by atoms with Crippen molar-refractivity contribution in [1.82, 2.24) is 9.80 Å². The van der Waals surface area contributed by atoms with Crippen molar-refractivity contribution in [3.63, 3.8) is 0 Å². The number of carbonyl (C=O) groups excluding carboxylic acids is 2. The summed E-state index contributed by atoms with van der Waals surface area (Å²) >= 11 is 0. The molecular formula is C19H25FN2O3. The lowest BCUT2D eigenvalue weighted by Crippen LogP contribution is -2.46. The van der Waals surface area contributed by atoms with E-state index in [2.05, 4.69) is 0 Å². The van der Waals surface area contributed by atoms with Crippen molar-refractivity contribution in [1.29, 1.82) is 0 Å². The van der Waals surface area contributed by atoms with Crippen molar-refractivity contribution in [3.05, 3.63) is 35.6 Å². The van der Waals surface area contributed by atoms with Crippen LogP contribution in [0.1, 0.15) is 24.8 Å². The molecule has 0 saturated carbocycles. The van der Waals surface area contributed by atoms with E-state index in [1.165, 1.54) is 12.1 Å². The zero-order chi connectivity index (χ0) is 17.8. The van der Waals surface area contributed by atoms with Gasteiger partial charge < -0.3 is 14.9 Å². The zero-order valence-electron chi connectivity index (χ0n) is 14.4. The van der Waals surface area contributed by atoms with E-state index in [0.29, 0.717) is 26.2 Å². The Hall–Kier alpha value is -1.95. The van der Waals surface area contributed by atoms with E-state index in [0.717, 1.165) is 24.8 Å². The van der Waals surface area contributed by atoms with Crippen LogP contribution in [-0.4, -0.2) is 59.5 Å². The van der Waals surface area contributed by atoms with Gasteiger partial charge in [0.25, 0.3) is 0 Å². The number of hydrogen-bond acceptors (Lipinski definition) is 3. The molecule has 2 atom stereocenters. The molecule has 0 aliphatic carbocycles. The number of likely N-dealkylation sites (tertiary alicyclic amines) is 2. The second kappa shape index (κ2) is 7.95. The third-order valence-electron chi connectivity index (χ3n) is 5.25. The first-order valence-corrected chi connectivity index (χ1v) is 8.98. The molecule has 136 valence electrons. The summed E-state index contributed by atoms with van der Waals surface area (Å²) < 4.78 is 13.0. The fraction of sp³-hybridized carbons (Fsp3) is 0.579. The maximum absolute atomic E-state index is 13.0. The summed E-state index contributed by atoms with van der Waals surface area (Å²) in [5.41, 5.74) is 0.783. The Morgan fingerprint density at radius 1 is 1.08 bits per heavy atom. The molecule has 1 aromatic carbocycles. The van der Waals surface area contributed by atoms with E-state index in [1.54, 1.807) is 17.0 Å². The number of rotatable bonds is 4. The number of piperidine rings is 1. The molecule has 1 N–H and O–H groups in total. The lowest BCUT2D eigenvalue weighted by molar-refractivity contribution is -0.140.